The van der Waals surface area contributed by atoms with Crippen LogP contribution in [0.15, 0.2) is 70.4 Å². The van der Waals surface area contributed by atoms with Gasteiger partial charge >= 0.3 is 5.97 Å². The lowest BCUT2D eigenvalue weighted by Gasteiger charge is -2.31. The zero-order valence-corrected chi connectivity index (χ0v) is 22.3. The Morgan fingerprint density at radius 3 is 2.44 bits per heavy atom. The topological polar surface area (TPSA) is 100 Å². The van der Waals surface area contributed by atoms with Crippen LogP contribution in [0, 0.1) is 11.3 Å². The molecule has 2 aromatic rings. The van der Waals surface area contributed by atoms with Crippen molar-refractivity contribution >= 4 is 40.9 Å². The second-order valence-electron chi connectivity index (χ2n) is 9.04. The van der Waals surface area contributed by atoms with E-state index in [2.05, 4.69) is 16.7 Å². The van der Waals surface area contributed by atoms with Gasteiger partial charge < -0.3 is 20.1 Å². The number of hydrogen-bond donors (Lipinski definition) is 2. The van der Waals surface area contributed by atoms with Crippen molar-refractivity contribution in [1.82, 2.24) is 5.32 Å². The highest BCUT2D eigenvalue weighted by Gasteiger charge is 2.37. The van der Waals surface area contributed by atoms with E-state index in [-0.39, 0.29) is 11.7 Å². The third kappa shape index (κ3) is 6.62. The number of nitrogens with zero attached hydrogens (tertiary/aromatic N) is 1. The number of para-hydroxylation sites is 2. The summed E-state index contributed by atoms with van der Waals surface area (Å²) in [6.45, 7) is 7.12. The number of carbonyl (C=O) groups is 2. The standard InChI is InChI=1S/C27H28ClN3O4S/c1-16-23(26(33)35-27(2,3)4)24(17-10-12-18(28)13-11-17)19(14-29)25(30-16)36-15-22(32)31-20-8-6-7-9-21(20)34-5/h6-13,24,30H,15H2,1-5H3,(H,31,32)/t24-/m0/s1. The molecule has 188 valence electrons. The third-order valence-electron chi connectivity index (χ3n) is 5.20. The number of halogens is 1. The summed E-state index contributed by atoms with van der Waals surface area (Å²) < 4.78 is 10.9. The Bertz CT molecular complexity index is 1260. The van der Waals surface area contributed by atoms with Crippen LogP contribution in [0.3, 0.4) is 0 Å². The van der Waals surface area contributed by atoms with Crippen molar-refractivity contribution in [2.24, 2.45) is 0 Å². The fourth-order valence-corrected chi connectivity index (χ4v) is 4.71. The van der Waals surface area contributed by atoms with Crippen LogP contribution in [0.5, 0.6) is 5.75 Å². The zero-order valence-electron chi connectivity index (χ0n) is 20.8. The predicted molar refractivity (Wildman–Crippen MR) is 143 cm³/mol. The number of thioether (sulfide) groups is 1. The Balaban J connectivity index is 1.92. The number of carbonyl (C=O) groups excluding carboxylic acids is 2. The molecule has 0 unspecified atom stereocenters. The van der Waals surface area contributed by atoms with Crippen LogP contribution in [-0.4, -0.2) is 30.3 Å². The van der Waals surface area contributed by atoms with E-state index in [1.807, 2.05) is 6.07 Å². The quantitative estimate of drug-likeness (QED) is 0.443. The number of rotatable bonds is 7. The maximum Gasteiger partial charge on any atom is 0.337 e. The summed E-state index contributed by atoms with van der Waals surface area (Å²) in [6, 6.07) is 16.3. The van der Waals surface area contributed by atoms with Crippen molar-refractivity contribution in [3.05, 3.63) is 81.0 Å². The highest BCUT2D eigenvalue weighted by atomic mass is 35.5. The molecule has 0 bridgehead atoms. The Morgan fingerprint density at radius 1 is 1.17 bits per heavy atom. The van der Waals surface area contributed by atoms with Gasteiger partial charge in [-0.15, -0.1) is 0 Å². The number of allylic oxidation sites excluding steroid dienone is 2. The monoisotopic (exact) mass is 525 g/mol. The molecule has 1 aliphatic heterocycles. The van der Waals surface area contributed by atoms with Crippen LogP contribution < -0.4 is 15.4 Å². The first-order valence-electron chi connectivity index (χ1n) is 11.2. The largest absolute Gasteiger partial charge is 0.495 e. The van der Waals surface area contributed by atoms with E-state index in [1.165, 1.54) is 18.9 Å². The lowest BCUT2D eigenvalue weighted by Crippen LogP contribution is -2.32. The number of ether oxygens (including phenoxy) is 2. The molecule has 0 aromatic heterocycles. The average Bonchev–Trinajstić information content (AvgIpc) is 2.82. The van der Waals surface area contributed by atoms with Crippen molar-refractivity contribution < 1.29 is 19.1 Å². The Morgan fingerprint density at radius 2 is 1.83 bits per heavy atom. The smallest absolute Gasteiger partial charge is 0.337 e. The van der Waals surface area contributed by atoms with E-state index in [1.54, 1.807) is 70.2 Å². The number of benzene rings is 2. The maximum atomic E-state index is 13.2. The molecule has 1 atom stereocenters. The Labute approximate surface area is 220 Å². The van der Waals surface area contributed by atoms with Crippen molar-refractivity contribution in [3.8, 4) is 11.8 Å². The highest BCUT2D eigenvalue weighted by molar-refractivity contribution is 8.03. The molecular formula is C27H28ClN3O4S. The molecule has 9 heteroatoms. The lowest BCUT2D eigenvalue weighted by molar-refractivity contribution is -0.150. The Hall–Kier alpha value is -3.41. The van der Waals surface area contributed by atoms with Gasteiger partial charge in [0, 0.05) is 10.7 Å². The first kappa shape index (κ1) is 27.2. The first-order chi connectivity index (χ1) is 17.0. The van der Waals surface area contributed by atoms with Crippen molar-refractivity contribution in [1.29, 1.82) is 5.26 Å². The van der Waals surface area contributed by atoms with Crippen molar-refractivity contribution in [2.75, 3.05) is 18.2 Å². The van der Waals surface area contributed by atoms with Gasteiger partial charge in [0.2, 0.25) is 5.91 Å². The second kappa shape index (κ2) is 11.5. The molecule has 7 nitrogen and oxygen atoms in total. The molecular weight excluding hydrogens is 498 g/mol. The van der Waals surface area contributed by atoms with Crippen LogP contribution in [0.25, 0.3) is 0 Å². The van der Waals surface area contributed by atoms with E-state index in [0.717, 1.165) is 0 Å². The molecule has 2 N–H and O–H groups in total. The van der Waals surface area contributed by atoms with Crippen LogP contribution in [0.4, 0.5) is 5.69 Å². The second-order valence-corrected chi connectivity index (χ2v) is 10.5. The highest BCUT2D eigenvalue weighted by Crippen LogP contribution is 2.41. The van der Waals surface area contributed by atoms with Gasteiger partial charge in [-0.3, -0.25) is 4.79 Å². The van der Waals surface area contributed by atoms with E-state index in [9.17, 15) is 14.9 Å². The molecule has 0 fully saturated rings. The van der Waals surface area contributed by atoms with Gasteiger partial charge in [-0.1, -0.05) is 47.6 Å². The van der Waals surface area contributed by atoms with Crippen LogP contribution >= 0.6 is 23.4 Å². The van der Waals surface area contributed by atoms with Gasteiger partial charge in [-0.2, -0.15) is 5.26 Å². The lowest BCUT2D eigenvalue weighted by atomic mass is 9.82. The van der Waals surface area contributed by atoms with E-state index in [0.29, 0.717) is 43.9 Å². The molecule has 0 spiro atoms. The predicted octanol–water partition coefficient (Wildman–Crippen LogP) is 5.76. The molecule has 2 aromatic carbocycles. The number of hydrogen-bond acceptors (Lipinski definition) is 7. The summed E-state index contributed by atoms with van der Waals surface area (Å²) in [7, 11) is 1.53. The number of dihydropyridines is 1. The minimum Gasteiger partial charge on any atom is -0.495 e. The van der Waals surface area contributed by atoms with Crippen LogP contribution in [0.1, 0.15) is 39.2 Å². The van der Waals surface area contributed by atoms with Crippen LogP contribution in [0.2, 0.25) is 5.02 Å². The summed E-state index contributed by atoms with van der Waals surface area (Å²) >= 11 is 7.27. The molecule has 0 saturated heterocycles. The molecule has 1 heterocycles. The van der Waals surface area contributed by atoms with Gasteiger partial charge in [-0.25, -0.2) is 4.79 Å². The van der Waals surface area contributed by atoms with Gasteiger partial charge in [-0.05, 0) is 57.5 Å². The van der Waals surface area contributed by atoms with Gasteiger partial charge in [0.05, 0.1) is 46.7 Å². The number of anilines is 1. The summed E-state index contributed by atoms with van der Waals surface area (Å²) in [5.41, 5.74) is 1.77. The maximum absolute atomic E-state index is 13.2. The van der Waals surface area contributed by atoms with Gasteiger partial charge in [0.25, 0.3) is 0 Å². The number of nitrogens with one attached hydrogen (secondary N) is 2. The number of esters is 1. The van der Waals surface area contributed by atoms with Crippen molar-refractivity contribution in [2.45, 2.75) is 39.2 Å². The van der Waals surface area contributed by atoms with E-state index >= 15 is 0 Å². The number of nitriles is 1. The fourth-order valence-electron chi connectivity index (χ4n) is 3.69. The molecule has 3 rings (SSSR count). The number of amides is 1. The molecule has 1 amide bonds. The fraction of sp³-hybridized carbons (Fsp3) is 0.296. The molecule has 0 saturated carbocycles. The molecule has 36 heavy (non-hydrogen) atoms. The van der Waals surface area contributed by atoms with Gasteiger partial charge in [0.1, 0.15) is 11.4 Å². The summed E-state index contributed by atoms with van der Waals surface area (Å²) in [6.07, 6.45) is 0. The third-order valence-corrected chi connectivity index (χ3v) is 6.47. The molecule has 1 aliphatic rings. The van der Waals surface area contributed by atoms with Crippen molar-refractivity contribution in [3.63, 3.8) is 0 Å². The average molecular weight is 526 g/mol. The zero-order chi connectivity index (χ0) is 26.5. The van der Waals surface area contributed by atoms with Crippen LogP contribution in [-0.2, 0) is 14.3 Å². The number of methoxy groups -OCH3 is 1. The van der Waals surface area contributed by atoms with E-state index in [4.69, 9.17) is 21.1 Å². The molecule has 0 aliphatic carbocycles. The summed E-state index contributed by atoms with van der Waals surface area (Å²) in [5.74, 6) is -0.874. The van der Waals surface area contributed by atoms with Gasteiger partial charge in [0.15, 0.2) is 0 Å². The molecule has 0 radical (unpaired) electrons. The Kier molecular flexibility index (Phi) is 8.72. The SMILES string of the molecule is COc1ccccc1NC(=O)CSC1=C(C#N)[C@H](c2ccc(Cl)cc2)C(C(=O)OC(C)(C)C)=C(C)N1. The first-order valence-corrected chi connectivity index (χ1v) is 12.6. The summed E-state index contributed by atoms with van der Waals surface area (Å²) in [5, 5.41) is 17.2. The summed E-state index contributed by atoms with van der Waals surface area (Å²) in [4.78, 5) is 25.9. The minimum absolute atomic E-state index is 0.0357. The van der Waals surface area contributed by atoms with E-state index < -0.39 is 17.5 Å². The normalized spacial score (nSPS) is 15.6. The minimum atomic E-state index is -0.711.